The smallest absolute Gasteiger partial charge is 0.261 e. The van der Waals surface area contributed by atoms with Crippen LogP contribution < -0.4 is 10.7 Å². The highest BCUT2D eigenvalue weighted by Crippen LogP contribution is 2.24. The van der Waals surface area contributed by atoms with Gasteiger partial charge in [0, 0.05) is 54.3 Å². The van der Waals surface area contributed by atoms with Crippen LogP contribution in [-0.2, 0) is 6.54 Å². The van der Waals surface area contributed by atoms with E-state index in [4.69, 9.17) is 0 Å². The van der Waals surface area contributed by atoms with Crippen molar-refractivity contribution in [3.63, 3.8) is 0 Å². The number of hydrogen-bond donors (Lipinski definition) is 1. The van der Waals surface area contributed by atoms with Gasteiger partial charge in [0.05, 0.1) is 5.69 Å². The van der Waals surface area contributed by atoms with Gasteiger partial charge in [0.2, 0.25) is 0 Å². The summed E-state index contributed by atoms with van der Waals surface area (Å²) in [7, 11) is 0. The lowest BCUT2D eigenvalue weighted by atomic mass is 10.0. The molecule has 148 valence electrons. The second kappa shape index (κ2) is 8.53. The first-order valence-corrected chi connectivity index (χ1v) is 9.53. The van der Waals surface area contributed by atoms with E-state index in [1.807, 2.05) is 47.9 Å². The lowest BCUT2D eigenvalue weighted by Gasteiger charge is -2.20. The molecule has 1 aromatic carbocycles. The number of nitrogens with zero attached hydrogens (tertiary/aromatic N) is 3. The number of carbonyl (C=O) groups is 1. The summed E-state index contributed by atoms with van der Waals surface area (Å²) in [4.78, 5) is 34.5. The van der Waals surface area contributed by atoms with Crippen LogP contribution in [0.15, 0.2) is 90.2 Å². The second-order valence-electron chi connectivity index (χ2n) is 6.88. The summed E-state index contributed by atoms with van der Waals surface area (Å²) in [5.41, 5.74) is 3.32. The van der Waals surface area contributed by atoms with Crippen LogP contribution in [0.1, 0.15) is 21.6 Å². The summed E-state index contributed by atoms with van der Waals surface area (Å²) in [5, 5.41) is 2.83. The van der Waals surface area contributed by atoms with E-state index in [1.54, 1.807) is 43.0 Å². The van der Waals surface area contributed by atoms with Crippen molar-refractivity contribution in [2.75, 3.05) is 5.32 Å². The van der Waals surface area contributed by atoms with E-state index in [-0.39, 0.29) is 11.0 Å². The molecule has 30 heavy (non-hydrogen) atoms. The van der Waals surface area contributed by atoms with E-state index in [2.05, 4.69) is 15.3 Å². The van der Waals surface area contributed by atoms with E-state index in [0.717, 1.165) is 11.3 Å². The van der Waals surface area contributed by atoms with Crippen molar-refractivity contribution in [2.24, 2.45) is 0 Å². The van der Waals surface area contributed by atoms with Crippen molar-refractivity contribution < 1.29 is 4.79 Å². The Morgan fingerprint density at radius 1 is 0.967 bits per heavy atom. The van der Waals surface area contributed by atoms with E-state index < -0.39 is 5.91 Å². The predicted octanol–water partition coefficient (Wildman–Crippen LogP) is 3.91. The Bertz CT molecular complexity index is 1220. The molecule has 3 aromatic heterocycles. The SMILES string of the molecule is Cc1cc(=O)c(C(=O)Nc2ccccc2)c(-c2cccnc2)n1Cc1cccnc1. The molecule has 4 rings (SSSR count). The Kier molecular flexibility index (Phi) is 5.48. The maximum atomic E-state index is 13.2. The Morgan fingerprint density at radius 3 is 2.37 bits per heavy atom. The molecule has 0 aliphatic carbocycles. The summed E-state index contributed by atoms with van der Waals surface area (Å²) < 4.78 is 1.95. The molecule has 3 heterocycles. The highest BCUT2D eigenvalue weighted by molar-refractivity contribution is 6.08. The van der Waals surface area contributed by atoms with E-state index in [9.17, 15) is 9.59 Å². The van der Waals surface area contributed by atoms with Gasteiger partial charge in [-0.05, 0) is 42.8 Å². The topological polar surface area (TPSA) is 76.9 Å². The first-order valence-electron chi connectivity index (χ1n) is 9.53. The number of aromatic nitrogens is 3. The summed E-state index contributed by atoms with van der Waals surface area (Å²) in [6.45, 7) is 2.33. The fourth-order valence-corrected chi connectivity index (χ4v) is 3.38. The molecular formula is C24H20N4O2. The number of rotatable bonds is 5. The van der Waals surface area contributed by atoms with Crippen molar-refractivity contribution in [1.29, 1.82) is 0 Å². The van der Waals surface area contributed by atoms with Gasteiger partial charge in [-0.1, -0.05) is 24.3 Å². The summed E-state index contributed by atoms with van der Waals surface area (Å²) in [6.07, 6.45) is 6.80. The average Bonchev–Trinajstić information content (AvgIpc) is 2.77. The van der Waals surface area contributed by atoms with Crippen molar-refractivity contribution >= 4 is 11.6 Å². The largest absolute Gasteiger partial charge is 0.339 e. The van der Waals surface area contributed by atoms with Gasteiger partial charge in [-0.2, -0.15) is 0 Å². The van der Waals surface area contributed by atoms with Gasteiger partial charge >= 0.3 is 0 Å². The maximum Gasteiger partial charge on any atom is 0.261 e. The highest BCUT2D eigenvalue weighted by Gasteiger charge is 2.22. The number of carbonyl (C=O) groups excluding carboxylic acids is 1. The predicted molar refractivity (Wildman–Crippen MR) is 116 cm³/mol. The standard InChI is InChI=1S/C24H20N4O2/c1-17-13-21(29)22(24(30)27-20-9-3-2-4-10-20)23(19-8-6-12-26-15-19)28(17)16-18-7-5-11-25-14-18/h2-15H,16H2,1H3,(H,27,30). The molecule has 0 unspecified atom stereocenters. The summed E-state index contributed by atoms with van der Waals surface area (Å²) in [5.74, 6) is -0.454. The van der Waals surface area contributed by atoms with E-state index in [0.29, 0.717) is 23.5 Å². The quantitative estimate of drug-likeness (QED) is 0.555. The third-order valence-electron chi connectivity index (χ3n) is 4.78. The molecule has 4 aromatic rings. The Morgan fingerprint density at radius 2 is 1.70 bits per heavy atom. The monoisotopic (exact) mass is 396 g/mol. The number of aryl methyl sites for hydroxylation is 1. The molecule has 0 aliphatic heterocycles. The van der Waals surface area contributed by atoms with Crippen LogP contribution in [0.3, 0.4) is 0 Å². The number of pyridine rings is 3. The zero-order chi connectivity index (χ0) is 20.9. The number of para-hydroxylation sites is 1. The van der Waals surface area contributed by atoms with Crippen LogP contribution in [-0.4, -0.2) is 20.4 Å². The third-order valence-corrected chi connectivity index (χ3v) is 4.78. The van der Waals surface area contributed by atoms with Crippen molar-refractivity contribution in [1.82, 2.24) is 14.5 Å². The van der Waals surface area contributed by atoms with Crippen molar-refractivity contribution in [3.8, 4) is 11.3 Å². The normalized spacial score (nSPS) is 10.6. The van der Waals surface area contributed by atoms with Crippen molar-refractivity contribution in [3.05, 3.63) is 112 Å². The molecule has 0 saturated heterocycles. The molecule has 0 radical (unpaired) electrons. The van der Waals surface area contributed by atoms with E-state index >= 15 is 0 Å². The van der Waals surface area contributed by atoms with Crippen LogP contribution in [0.4, 0.5) is 5.69 Å². The molecule has 0 saturated carbocycles. The van der Waals surface area contributed by atoms with Crippen LogP contribution >= 0.6 is 0 Å². The van der Waals surface area contributed by atoms with Crippen LogP contribution in [0.25, 0.3) is 11.3 Å². The number of hydrogen-bond acceptors (Lipinski definition) is 4. The Balaban J connectivity index is 1.89. The molecule has 0 fully saturated rings. The van der Waals surface area contributed by atoms with E-state index in [1.165, 1.54) is 6.07 Å². The first-order chi connectivity index (χ1) is 14.6. The average molecular weight is 396 g/mol. The molecule has 0 atom stereocenters. The Hall–Kier alpha value is -4.06. The second-order valence-corrected chi connectivity index (χ2v) is 6.88. The maximum absolute atomic E-state index is 13.2. The van der Waals surface area contributed by atoms with Gasteiger partial charge in [0.1, 0.15) is 5.56 Å². The summed E-state index contributed by atoms with van der Waals surface area (Å²) >= 11 is 0. The molecular weight excluding hydrogens is 376 g/mol. The minimum absolute atomic E-state index is 0.0846. The molecule has 0 spiro atoms. The minimum Gasteiger partial charge on any atom is -0.339 e. The fourth-order valence-electron chi connectivity index (χ4n) is 3.38. The molecule has 0 bridgehead atoms. The third kappa shape index (κ3) is 4.03. The molecule has 1 amide bonds. The van der Waals surface area contributed by atoms with Gasteiger partial charge in [-0.25, -0.2) is 0 Å². The minimum atomic E-state index is -0.454. The number of anilines is 1. The van der Waals surface area contributed by atoms with Crippen LogP contribution in [0.5, 0.6) is 0 Å². The number of nitrogens with one attached hydrogen (secondary N) is 1. The lowest BCUT2D eigenvalue weighted by Crippen LogP contribution is -2.27. The Labute approximate surface area is 173 Å². The number of amides is 1. The zero-order valence-corrected chi connectivity index (χ0v) is 16.4. The molecule has 1 N–H and O–H groups in total. The molecule has 6 nitrogen and oxygen atoms in total. The highest BCUT2D eigenvalue weighted by atomic mass is 16.2. The van der Waals surface area contributed by atoms with Crippen LogP contribution in [0, 0.1) is 6.92 Å². The van der Waals surface area contributed by atoms with Gasteiger partial charge in [-0.15, -0.1) is 0 Å². The zero-order valence-electron chi connectivity index (χ0n) is 16.4. The fraction of sp³-hybridized carbons (Fsp3) is 0.0833. The van der Waals surface area contributed by atoms with Crippen LogP contribution in [0.2, 0.25) is 0 Å². The summed E-state index contributed by atoms with van der Waals surface area (Å²) in [6, 6.07) is 18.0. The van der Waals surface area contributed by atoms with Gasteiger partial charge < -0.3 is 9.88 Å². The van der Waals surface area contributed by atoms with Gasteiger partial charge in [-0.3, -0.25) is 19.6 Å². The van der Waals surface area contributed by atoms with Gasteiger partial charge in [0.25, 0.3) is 5.91 Å². The molecule has 0 aliphatic rings. The lowest BCUT2D eigenvalue weighted by molar-refractivity contribution is 0.102. The van der Waals surface area contributed by atoms with Gasteiger partial charge in [0.15, 0.2) is 5.43 Å². The van der Waals surface area contributed by atoms with Crippen molar-refractivity contribution in [2.45, 2.75) is 13.5 Å². The number of benzene rings is 1. The molecule has 6 heteroatoms. The first kappa shape index (κ1) is 19.3.